The van der Waals surface area contributed by atoms with Gasteiger partial charge in [-0.2, -0.15) is 5.10 Å². The van der Waals surface area contributed by atoms with Crippen molar-refractivity contribution in [3.05, 3.63) is 23.0 Å². The first kappa shape index (κ1) is 9.21. The first-order valence-corrected chi connectivity index (χ1v) is 4.91. The monoisotopic (exact) mass is 208 g/mol. The van der Waals surface area contributed by atoms with Gasteiger partial charge in [0.2, 0.25) is 0 Å². The minimum atomic E-state index is 0.823. The van der Waals surface area contributed by atoms with Crippen molar-refractivity contribution in [2.45, 2.75) is 13.5 Å². The first-order valence-electron chi connectivity index (χ1n) is 4.50. The zero-order valence-corrected chi connectivity index (χ0v) is 9.01. The predicted molar refractivity (Wildman–Crippen MR) is 57.5 cm³/mol. The van der Waals surface area contributed by atoms with Crippen LogP contribution < -0.4 is 0 Å². The van der Waals surface area contributed by atoms with E-state index in [9.17, 15) is 0 Å². The van der Waals surface area contributed by atoms with E-state index < -0.39 is 0 Å². The molecule has 14 heavy (non-hydrogen) atoms. The second kappa shape index (κ2) is 3.42. The van der Waals surface area contributed by atoms with Crippen LogP contribution in [-0.4, -0.2) is 19.6 Å². The van der Waals surface area contributed by atoms with Crippen molar-refractivity contribution in [2.75, 3.05) is 0 Å². The lowest BCUT2D eigenvalue weighted by Gasteiger charge is -1.98. The van der Waals surface area contributed by atoms with Gasteiger partial charge in [-0.25, -0.2) is 0 Å². The second-order valence-corrected chi connectivity index (χ2v) is 3.51. The van der Waals surface area contributed by atoms with Crippen LogP contribution in [0.25, 0.3) is 11.4 Å². The summed E-state index contributed by atoms with van der Waals surface area (Å²) in [5.74, 6) is 0. The number of nitrogens with zero attached hydrogens (tertiary/aromatic N) is 3. The van der Waals surface area contributed by atoms with E-state index in [1.54, 1.807) is 6.20 Å². The summed E-state index contributed by atoms with van der Waals surface area (Å²) >= 11 is 5.19. The molecule has 0 aromatic carbocycles. The maximum Gasteiger partial charge on any atom is 0.122 e. The van der Waals surface area contributed by atoms with Gasteiger partial charge in [0.15, 0.2) is 0 Å². The van der Waals surface area contributed by atoms with Crippen LogP contribution in [0.1, 0.15) is 6.92 Å². The number of rotatable bonds is 2. The smallest absolute Gasteiger partial charge is 0.122 e. The molecule has 0 aliphatic carbocycles. The number of aromatic nitrogens is 4. The third-order valence-corrected chi connectivity index (χ3v) is 2.54. The maximum atomic E-state index is 5.19. The minimum Gasteiger partial charge on any atom is -0.295 e. The molecule has 4 nitrogen and oxygen atoms in total. The summed E-state index contributed by atoms with van der Waals surface area (Å²) < 4.78 is 4.57. The summed E-state index contributed by atoms with van der Waals surface area (Å²) in [5.41, 5.74) is 2.06. The highest BCUT2D eigenvalue weighted by Gasteiger charge is 2.05. The van der Waals surface area contributed by atoms with Gasteiger partial charge in [0.05, 0.1) is 11.4 Å². The molecule has 2 aromatic heterocycles. The molecule has 0 amide bonds. The lowest BCUT2D eigenvalue weighted by Crippen LogP contribution is -1.98. The molecule has 0 unspecified atom stereocenters. The molecule has 0 atom stereocenters. The lowest BCUT2D eigenvalue weighted by atomic mass is 10.3. The van der Waals surface area contributed by atoms with E-state index in [2.05, 4.69) is 17.1 Å². The SMILES string of the molecule is CCn1[nH]c(-c2ccnn2C)cc1=S. The molecule has 0 radical (unpaired) electrons. The molecule has 0 saturated carbocycles. The molecule has 0 bridgehead atoms. The van der Waals surface area contributed by atoms with Gasteiger partial charge in [-0.1, -0.05) is 12.2 Å². The maximum absolute atomic E-state index is 5.19. The average Bonchev–Trinajstić information content (AvgIpc) is 2.71. The van der Waals surface area contributed by atoms with Crippen molar-refractivity contribution >= 4 is 12.2 Å². The summed E-state index contributed by atoms with van der Waals surface area (Å²) in [6.45, 7) is 2.91. The molecular weight excluding hydrogens is 196 g/mol. The van der Waals surface area contributed by atoms with Gasteiger partial charge in [-0.05, 0) is 13.0 Å². The van der Waals surface area contributed by atoms with E-state index in [1.165, 1.54) is 0 Å². The summed E-state index contributed by atoms with van der Waals surface area (Å²) in [6.07, 6.45) is 1.77. The topological polar surface area (TPSA) is 38.5 Å². The molecule has 2 rings (SSSR count). The Bertz CT molecular complexity index is 491. The number of nitrogens with one attached hydrogen (secondary N) is 1. The zero-order valence-electron chi connectivity index (χ0n) is 8.19. The third kappa shape index (κ3) is 1.39. The summed E-state index contributed by atoms with van der Waals surface area (Å²) in [7, 11) is 1.91. The van der Waals surface area contributed by atoms with Gasteiger partial charge in [-0.15, -0.1) is 0 Å². The van der Waals surface area contributed by atoms with Crippen LogP contribution in [0.5, 0.6) is 0 Å². The molecule has 0 saturated heterocycles. The van der Waals surface area contributed by atoms with Gasteiger partial charge in [0.25, 0.3) is 0 Å². The lowest BCUT2D eigenvalue weighted by molar-refractivity contribution is 0.651. The van der Waals surface area contributed by atoms with Gasteiger partial charge in [0, 0.05) is 25.9 Å². The van der Waals surface area contributed by atoms with Crippen molar-refractivity contribution in [3.8, 4) is 11.4 Å². The highest BCUT2D eigenvalue weighted by atomic mass is 32.1. The number of H-pyrrole nitrogens is 1. The van der Waals surface area contributed by atoms with E-state index in [1.807, 2.05) is 28.5 Å². The van der Waals surface area contributed by atoms with Crippen LogP contribution in [-0.2, 0) is 13.6 Å². The number of hydrogen-bond donors (Lipinski definition) is 1. The molecule has 0 aliphatic rings. The highest BCUT2D eigenvalue weighted by Crippen LogP contribution is 2.15. The van der Waals surface area contributed by atoms with Crippen LogP contribution in [0.3, 0.4) is 0 Å². The number of hydrogen-bond acceptors (Lipinski definition) is 2. The summed E-state index contributed by atoms with van der Waals surface area (Å²) in [5, 5.41) is 7.34. The Kier molecular flexibility index (Phi) is 2.25. The van der Waals surface area contributed by atoms with E-state index in [0.717, 1.165) is 22.6 Å². The van der Waals surface area contributed by atoms with Crippen LogP contribution in [0, 0.1) is 4.64 Å². The normalized spacial score (nSPS) is 10.7. The van der Waals surface area contributed by atoms with Gasteiger partial charge < -0.3 is 0 Å². The Morgan fingerprint density at radius 2 is 2.36 bits per heavy atom. The number of aromatic amines is 1. The third-order valence-electron chi connectivity index (χ3n) is 2.20. The molecule has 74 valence electrons. The average molecular weight is 208 g/mol. The minimum absolute atomic E-state index is 0.823. The van der Waals surface area contributed by atoms with E-state index in [-0.39, 0.29) is 0 Å². The highest BCUT2D eigenvalue weighted by molar-refractivity contribution is 7.71. The first-order chi connectivity index (χ1) is 6.72. The van der Waals surface area contributed by atoms with E-state index >= 15 is 0 Å². The van der Waals surface area contributed by atoms with Crippen LogP contribution >= 0.6 is 12.2 Å². The Balaban J connectivity index is 2.53. The Labute approximate surface area is 87.2 Å². The molecular formula is C9H12N4S. The van der Waals surface area contributed by atoms with Crippen molar-refractivity contribution in [2.24, 2.45) is 7.05 Å². The standard InChI is InChI=1S/C9H12N4S/c1-3-13-9(14)6-7(11-13)8-4-5-10-12(8)2/h4-6,11H,3H2,1-2H3. The van der Waals surface area contributed by atoms with Crippen LogP contribution in [0.15, 0.2) is 18.3 Å². The van der Waals surface area contributed by atoms with Crippen molar-refractivity contribution in [1.29, 1.82) is 0 Å². The Morgan fingerprint density at radius 1 is 1.57 bits per heavy atom. The van der Waals surface area contributed by atoms with E-state index in [0.29, 0.717) is 0 Å². The van der Waals surface area contributed by atoms with Crippen molar-refractivity contribution < 1.29 is 0 Å². The molecule has 0 spiro atoms. The van der Waals surface area contributed by atoms with Crippen molar-refractivity contribution in [3.63, 3.8) is 0 Å². The summed E-state index contributed by atoms with van der Waals surface area (Å²) in [4.78, 5) is 0. The number of aryl methyl sites for hydroxylation is 2. The molecule has 2 heterocycles. The molecule has 5 heteroatoms. The van der Waals surface area contributed by atoms with Gasteiger partial charge in [-0.3, -0.25) is 14.5 Å². The van der Waals surface area contributed by atoms with Gasteiger partial charge >= 0.3 is 0 Å². The fourth-order valence-electron chi connectivity index (χ4n) is 1.44. The fourth-order valence-corrected chi connectivity index (χ4v) is 1.73. The van der Waals surface area contributed by atoms with Crippen LogP contribution in [0.2, 0.25) is 0 Å². The summed E-state index contributed by atoms with van der Waals surface area (Å²) in [6, 6.07) is 3.91. The quantitative estimate of drug-likeness (QED) is 0.766. The molecule has 1 N–H and O–H groups in total. The second-order valence-electron chi connectivity index (χ2n) is 3.09. The zero-order chi connectivity index (χ0) is 10.1. The Morgan fingerprint density at radius 3 is 2.86 bits per heavy atom. The van der Waals surface area contributed by atoms with E-state index in [4.69, 9.17) is 12.2 Å². The van der Waals surface area contributed by atoms with Gasteiger partial charge in [0.1, 0.15) is 4.64 Å². The Hall–Kier alpha value is -1.36. The molecule has 0 aliphatic heterocycles. The van der Waals surface area contributed by atoms with Crippen molar-refractivity contribution in [1.82, 2.24) is 19.6 Å². The predicted octanol–water partition coefficient (Wildman–Crippen LogP) is 1.97. The molecule has 2 aromatic rings. The fraction of sp³-hybridized carbons (Fsp3) is 0.333. The van der Waals surface area contributed by atoms with Crippen LogP contribution in [0.4, 0.5) is 0 Å². The molecule has 0 fully saturated rings. The largest absolute Gasteiger partial charge is 0.295 e.